The van der Waals surface area contributed by atoms with Gasteiger partial charge in [-0.2, -0.15) is 0 Å². The highest BCUT2D eigenvalue weighted by molar-refractivity contribution is 7.89. The number of hydrogen-bond donors (Lipinski definition) is 2. The monoisotopic (exact) mass is 405 g/mol. The van der Waals surface area contributed by atoms with Crippen LogP contribution in [0.1, 0.15) is 18.4 Å². The van der Waals surface area contributed by atoms with Gasteiger partial charge in [-0.15, -0.1) is 0 Å². The number of carbonyl (C=O) groups is 1. The van der Waals surface area contributed by atoms with E-state index in [-0.39, 0.29) is 33.8 Å². The van der Waals surface area contributed by atoms with E-state index in [2.05, 4.69) is 15.2 Å². The summed E-state index contributed by atoms with van der Waals surface area (Å²) in [7, 11) is -3.88. The van der Waals surface area contributed by atoms with Gasteiger partial charge in [0.05, 0.1) is 16.2 Å². The summed E-state index contributed by atoms with van der Waals surface area (Å²) in [4.78, 5) is 11.5. The minimum absolute atomic E-state index is 0.00850. The Bertz CT molecular complexity index is 790. The highest BCUT2D eigenvalue weighted by atomic mass is 35.5. The molecule has 2 rings (SSSR count). The third-order valence-corrected chi connectivity index (χ3v) is 5.70. The van der Waals surface area contributed by atoms with Crippen molar-refractivity contribution < 1.29 is 17.7 Å². The van der Waals surface area contributed by atoms with E-state index < -0.39 is 10.0 Å². The van der Waals surface area contributed by atoms with Crippen LogP contribution in [0.25, 0.3) is 0 Å². The maximum absolute atomic E-state index is 12.2. The number of nitrogens with one attached hydrogen (secondary N) is 2. The number of aryl methyl sites for hydroxylation is 1. The van der Waals surface area contributed by atoms with Gasteiger partial charge in [0.1, 0.15) is 11.2 Å². The summed E-state index contributed by atoms with van der Waals surface area (Å²) in [6.45, 7) is 0.425. The van der Waals surface area contributed by atoms with Gasteiger partial charge in [0.25, 0.3) is 0 Å². The maximum atomic E-state index is 12.2. The Morgan fingerprint density at radius 1 is 1.20 bits per heavy atom. The molecule has 136 valence electrons. The lowest BCUT2D eigenvalue weighted by Crippen LogP contribution is -2.31. The highest BCUT2D eigenvalue weighted by Crippen LogP contribution is 2.28. The van der Waals surface area contributed by atoms with Gasteiger partial charge in [-0.25, -0.2) is 13.1 Å². The molecule has 0 spiro atoms. The molecular formula is C15H17Cl2N3O4S. The predicted molar refractivity (Wildman–Crippen MR) is 94.1 cm³/mol. The lowest BCUT2D eigenvalue weighted by molar-refractivity contribution is -0.120. The van der Waals surface area contributed by atoms with Crippen molar-refractivity contribution in [1.82, 2.24) is 15.2 Å². The molecule has 1 heterocycles. The first kappa shape index (κ1) is 19.7. The van der Waals surface area contributed by atoms with Crippen molar-refractivity contribution >= 4 is 39.1 Å². The minimum Gasteiger partial charge on any atom is -0.364 e. The quantitative estimate of drug-likeness (QED) is 0.623. The van der Waals surface area contributed by atoms with Crippen LogP contribution in [0.15, 0.2) is 40.1 Å². The molecule has 0 aliphatic rings. The first-order valence-electron chi connectivity index (χ1n) is 7.49. The molecule has 0 unspecified atom stereocenters. The van der Waals surface area contributed by atoms with Crippen LogP contribution in [-0.2, 0) is 21.2 Å². The molecule has 7 nitrogen and oxygen atoms in total. The average Bonchev–Trinajstić information content (AvgIpc) is 3.04. The molecule has 0 aliphatic carbocycles. The third-order valence-electron chi connectivity index (χ3n) is 3.28. The van der Waals surface area contributed by atoms with E-state index >= 15 is 0 Å². The van der Waals surface area contributed by atoms with Gasteiger partial charge in [0.15, 0.2) is 0 Å². The van der Waals surface area contributed by atoms with Crippen LogP contribution in [0.3, 0.4) is 0 Å². The second kappa shape index (κ2) is 9.19. The zero-order valence-corrected chi connectivity index (χ0v) is 15.5. The third kappa shape index (κ3) is 6.00. The van der Waals surface area contributed by atoms with Gasteiger partial charge in [-0.3, -0.25) is 4.79 Å². The first-order valence-corrected chi connectivity index (χ1v) is 9.72. The SMILES string of the molecule is O=C(CCNS(=O)(=O)c1c(Cl)cccc1Cl)NCCCc1cnoc1. The Balaban J connectivity index is 1.73. The molecule has 1 amide bonds. The van der Waals surface area contributed by atoms with Crippen molar-refractivity contribution in [3.8, 4) is 0 Å². The number of amides is 1. The fraction of sp³-hybridized carbons (Fsp3) is 0.333. The molecular weight excluding hydrogens is 389 g/mol. The van der Waals surface area contributed by atoms with Crippen molar-refractivity contribution in [1.29, 1.82) is 0 Å². The van der Waals surface area contributed by atoms with Gasteiger partial charge in [0.2, 0.25) is 15.9 Å². The summed E-state index contributed by atoms with van der Waals surface area (Å²) in [5.41, 5.74) is 0.957. The Hall–Kier alpha value is -1.61. The lowest BCUT2D eigenvalue weighted by Gasteiger charge is -2.10. The molecule has 1 aromatic carbocycles. The predicted octanol–water partition coefficient (Wildman–Crippen LogP) is 2.40. The molecule has 0 radical (unpaired) electrons. The lowest BCUT2D eigenvalue weighted by atomic mass is 10.2. The Morgan fingerprint density at radius 3 is 2.56 bits per heavy atom. The van der Waals surface area contributed by atoms with E-state index in [1.807, 2.05) is 0 Å². The summed E-state index contributed by atoms with van der Waals surface area (Å²) in [5, 5.41) is 6.36. The molecule has 10 heteroatoms. The molecule has 2 N–H and O–H groups in total. The van der Waals surface area contributed by atoms with Crippen LogP contribution in [0.5, 0.6) is 0 Å². The van der Waals surface area contributed by atoms with Crippen molar-refractivity contribution in [2.45, 2.75) is 24.2 Å². The van der Waals surface area contributed by atoms with Crippen LogP contribution in [0.4, 0.5) is 0 Å². The van der Waals surface area contributed by atoms with Crippen LogP contribution in [0, 0.1) is 0 Å². The zero-order valence-electron chi connectivity index (χ0n) is 13.2. The van der Waals surface area contributed by atoms with Crippen molar-refractivity contribution in [2.75, 3.05) is 13.1 Å². The largest absolute Gasteiger partial charge is 0.364 e. The van der Waals surface area contributed by atoms with Gasteiger partial charge >= 0.3 is 0 Å². The molecule has 1 aromatic heterocycles. The van der Waals surface area contributed by atoms with Crippen LogP contribution < -0.4 is 10.0 Å². The molecule has 0 atom stereocenters. The highest BCUT2D eigenvalue weighted by Gasteiger charge is 2.21. The number of halogens is 2. The van der Waals surface area contributed by atoms with E-state index in [1.54, 1.807) is 18.5 Å². The van der Waals surface area contributed by atoms with Crippen molar-refractivity contribution in [3.63, 3.8) is 0 Å². The number of rotatable bonds is 9. The molecule has 2 aromatic rings. The number of sulfonamides is 1. The van der Waals surface area contributed by atoms with Crippen molar-refractivity contribution in [2.24, 2.45) is 0 Å². The Kier molecular flexibility index (Phi) is 7.24. The van der Waals surface area contributed by atoms with E-state index in [0.29, 0.717) is 6.54 Å². The smallest absolute Gasteiger partial charge is 0.243 e. The molecule has 0 aliphatic heterocycles. The number of nitrogens with zero attached hydrogens (tertiary/aromatic N) is 1. The van der Waals surface area contributed by atoms with E-state index in [4.69, 9.17) is 27.7 Å². The topological polar surface area (TPSA) is 101 Å². The second-order valence-corrected chi connectivity index (χ2v) is 7.70. The Labute approximate surface area is 155 Å². The first-order chi connectivity index (χ1) is 11.9. The fourth-order valence-corrected chi connectivity index (χ4v) is 4.24. The molecule has 0 fully saturated rings. The van der Waals surface area contributed by atoms with Gasteiger partial charge in [-0.05, 0) is 25.0 Å². The van der Waals surface area contributed by atoms with Crippen LogP contribution in [-0.4, -0.2) is 32.6 Å². The summed E-state index contributed by atoms with van der Waals surface area (Å²) in [5.74, 6) is -0.252. The molecule has 0 saturated heterocycles. The van der Waals surface area contributed by atoms with Crippen LogP contribution >= 0.6 is 23.2 Å². The Morgan fingerprint density at radius 2 is 1.92 bits per heavy atom. The second-order valence-electron chi connectivity index (χ2n) is 5.18. The molecule has 0 bridgehead atoms. The number of aromatic nitrogens is 1. The van der Waals surface area contributed by atoms with E-state index in [0.717, 1.165) is 18.4 Å². The summed E-state index contributed by atoms with van der Waals surface area (Å²) in [6, 6.07) is 4.42. The number of carbonyl (C=O) groups excluding carboxylic acids is 1. The van der Waals surface area contributed by atoms with Gasteiger partial charge in [-0.1, -0.05) is 34.4 Å². The summed E-state index contributed by atoms with van der Waals surface area (Å²) in [6.07, 6.45) is 4.65. The fourth-order valence-electron chi connectivity index (χ4n) is 2.07. The summed E-state index contributed by atoms with van der Waals surface area (Å²) < 4.78 is 31.5. The summed E-state index contributed by atoms with van der Waals surface area (Å²) >= 11 is 11.8. The standard InChI is InChI=1S/C15H17Cl2N3O4S/c16-12-4-1-5-13(17)15(12)25(22,23)20-8-6-14(21)18-7-2-3-11-9-19-24-10-11/h1,4-5,9-10,20H,2-3,6-8H2,(H,18,21). The normalized spacial score (nSPS) is 11.4. The molecule has 0 saturated carbocycles. The van der Waals surface area contributed by atoms with Gasteiger partial charge < -0.3 is 9.84 Å². The zero-order chi connectivity index (χ0) is 18.3. The molecule has 25 heavy (non-hydrogen) atoms. The maximum Gasteiger partial charge on any atom is 0.243 e. The number of hydrogen-bond acceptors (Lipinski definition) is 5. The van der Waals surface area contributed by atoms with E-state index in [1.165, 1.54) is 12.1 Å². The van der Waals surface area contributed by atoms with Crippen molar-refractivity contribution in [3.05, 3.63) is 46.3 Å². The number of benzene rings is 1. The minimum atomic E-state index is -3.88. The van der Waals surface area contributed by atoms with E-state index in [9.17, 15) is 13.2 Å². The average molecular weight is 406 g/mol. The van der Waals surface area contributed by atoms with Gasteiger partial charge in [0, 0.05) is 25.1 Å². The van der Waals surface area contributed by atoms with Crippen LogP contribution in [0.2, 0.25) is 10.0 Å².